The van der Waals surface area contributed by atoms with Crippen molar-refractivity contribution in [3.05, 3.63) is 21.7 Å². The molecule has 0 aliphatic rings. The van der Waals surface area contributed by atoms with Gasteiger partial charge in [0.25, 0.3) is 4.96 Å². The molecule has 19 heavy (non-hydrogen) atoms. The molecular formula is C11H17N5O2S. The number of nitro groups is 1. The highest BCUT2D eigenvalue weighted by Crippen LogP contribution is 2.28. The van der Waals surface area contributed by atoms with Crippen LogP contribution in [0.2, 0.25) is 0 Å². The quantitative estimate of drug-likeness (QED) is 0.671. The third-order valence-corrected chi connectivity index (χ3v) is 4.07. The zero-order valence-electron chi connectivity index (χ0n) is 11.4. The van der Waals surface area contributed by atoms with E-state index in [2.05, 4.69) is 29.0 Å². The van der Waals surface area contributed by atoms with E-state index in [1.807, 2.05) is 14.1 Å². The minimum absolute atomic E-state index is 0.00851. The summed E-state index contributed by atoms with van der Waals surface area (Å²) in [5.41, 5.74) is -0.120. The van der Waals surface area contributed by atoms with E-state index in [4.69, 9.17) is 0 Å². The van der Waals surface area contributed by atoms with E-state index >= 15 is 0 Å². The summed E-state index contributed by atoms with van der Waals surface area (Å²) >= 11 is 1.38. The lowest BCUT2D eigenvalue weighted by Gasteiger charge is -2.32. The van der Waals surface area contributed by atoms with E-state index in [1.54, 1.807) is 11.6 Å². The first-order valence-corrected chi connectivity index (χ1v) is 6.72. The first-order valence-electron chi connectivity index (χ1n) is 5.84. The molecule has 0 amide bonds. The third kappa shape index (κ3) is 2.54. The van der Waals surface area contributed by atoms with Crippen LogP contribution in [0, 0.1) is 10.1 Å². The summed E-state index contributed by atoms with van der Waals surface area (Å²) in [5, 5.41) is 16.0. The zero-order valence-corrected chi connectivity index (χ0v) is 12.2. The maximum absolute atomic E-state index is 11.2. The van der Waals surface area contributed by atoms with Gasteiger partial charge in [0, 0.05) is 17.5 Å². The number of nitrogens with zero attached hydrogens (tertiary/aromatic N) is 4. The summed E-state index contributed by atoms with van der Waals surface area (Å²) < 4.78 is 1.50. The van der Waals surface area contributed by atoms with Crippen LogP contribution in [0.3, 0.4) is 0 Å². The van der Waals surface area contributed by atoms with Gasteiger partial charge in [0.1, 0.15) is 6.20 Å². The predicted molar refractivity (Wildman–Crippen MR) is 76.0 cm³/mol. The fourth-order valence-corrected chi connectivity index (χ4v) is 2.23. The molecule has 8 heteroatoms. The van der Waals surface area contributed by atoms with Crippen LogP contribution in [0.1, 0.15) is 13.8 Å². The van der Waals surface area contributed by atoms with Crippen LogP contribution in [-0.2, 0) is 0 Å². The molecule has 7 nitrogen and oxygen atoms in total. The number of anilines is 1. The maximum Gasteiger partial charge on any atom is 0.372 e. The Morgan fingerprint density at radius 2 is 2.26 bits per heavy atom. The highest BCUT2D eigenvalue weighted by Gasteiger charge is 2.26. The van der Waals surface area contributed by atoms with Crippen LogP contribution < -0.4 is 5.32 Å². The molecule has 0 spiro atoms. The first-order chi connectivity index (χ1) is 8.83. The molecule has 2 aromatic rings. The van der Waals surface area contributed by atoms with Gasteiger partial charge in [-0.1, -0.05) is 11.3 Å². The number of rotatable bonds is 5. The van der Waals surface area contributed by atoms with E-state index in [9.17, 15) is 10.1 Å². The number of fused-ring (bicyclic) bond motifs is 1. The molecule has 2 rings (SSSR count). The fraction of sp³-hybridized carbons (Fsp3) is 0.545. The van der Waals surface area contributed by atoms with Crippen molar-refractivity contribution in [2.75, 3.05) is 26.0 Å². The Balaban J connectivity index is 2.28. The highest BCUT2D eigenvalue weighted by molar-refractivity contribution is 7.15. The van der Waals surface area contributed by atoms with Gasteiger partial charge in [0.05, 0.1) is 0 Å². The molecule has 0 saturated carbocycles. The lowest BCUT2D eigenvalue weighted by Crippen LogP contribution is -2.44. The Morgan fingerprint density at radius 1 is 1.58 bits per heavy atom. The van der Waals surface area contributed by atoms with E-state index < -0.39 is 4.92 Å². The molecule has 2 heterocycles. The molecule has 104 valence electrons. The van der Waals surface area contributed by atoms with Crippen molar-refractivity contribution in [1.29, 1.82) is 0 Å². The molecular weight excluding hydrogens is 266 g/mol. The van der Waals surface area contributed by atoms with Gasteiger partial charge in [-0.05, 0) is 32.9 Å². The van der Waals surface area contributed by atoms with Gasteiger partial charge in [0.2, 0.25) is 5.82 Å². The largest absolute Gasteiger partial charge is 0.372 e. The summed E-state index contributed by atoms with van der Waals surface area (Å²) in [7, 11) is 3.95. The van der Waals surface area contributed by atoms with Crippen LogP contribution in [-0.4, -0.2) is 45.4 Å². The van der Waals surface area contributed by atoms with Crippen molar-refractivity contribution in [2.24, 2.45) is 0 Å². The van der Waals surface area contributed by atoms with Gasteiger partial charge in [-0.15, -0.1) is 0 Å². The third-order valence-electron chi connectivity index (χ3n) is 3.31. The van der Waals surface area contributed by atoms with Crippen molar-refractivity contribution in [2.45, 2.75) is 19.4 Å². The van der Waals surface area contributed by atoms with Gasteiger partial charge >= 0.3 is 5.82 Å². The minimum atomic E-state index is -0.405. The Labute approximate surface area is 115 Å². The normalized spacial score (nSPS) is 12.3. The van der Waals surface area contributed by atoms with Crippen LogP contribution in [0.15, 0.2) is 11.6 Å². The smallest absolute Gasteiger partial charge is 0.361 e. The average molecular weight is 283 g/mol. The molecule has 0 unspecified atom stereocenters. The van der Waals surface area contributed by atoms with Crippen LogP contribution in [0.4, 0.5) is 11.6 Å². The second-order valence-electron chi connectivity index (χ2n) is 5.16. The number of imidazole rings is 1. The molecule has 0 aromatic carbocycles. The zero-order chi connectivity index (χ0) is 14.2. The van der Waals surface area contributed by atoms with Crippen molar-refractivity contribution < 1.29 is 4.92 Å². The van der Waals surface area contributed by atoms with Crippen molar-refractivity contribution in [1.82, 2.24) is 14.3 Å². The molecule has 0 saturated heterocycles. The monoisotopic (exact) mass is 283 g/mol. The fourth-order valence-electron chi connectivity index (χ4n) is 1.53. The van der Waals surface area contributed by atoms with E-state index in [0.29, 0.717) is 17.3 Å². The van der Waals surface area contributed by atoms with Gasteiger partial charge in [0.15, 0.2) is 0 Å². The molecule has 0 fully saturated rings. The molecule has 0 aliphatic heterocycles. The predicted octanol–water partition coefficient (Wildman–Crippen LogP) is 2.06. The number of likely N-dealkylation sites (N-methyl/N-ethyl adjacent to an activating group) is 1. The topological polar surface area (TPSA) is 75.7 Å². The summed E-state index contributed by atoms with van der Waals surface area (Å²) in [6.45, 7) is 4.69. The second kappa shape index (κ2) is 4.78. The molecule has 0 aliphatic carbocycles. The first kappa shape index (κ1) is 13.8. The average Bonchev–Trinajstić information content (AvgIpc) is 2.84. The Bertz CT molecular complexity index is 601. The number of aromatic nitrogens is 2. The van der Waals surface area contributed by atoms with Crippen molar-refractivity contribution >= 4 is 27.9 Å². The number of thiazole rings is 1. The molecule has 1 N–H and O–H groups in total. The standard InChI is InChI=1S/C11H17N5O2S/c1-11(2,14(3)4)7-12-8-9(16(17)18)15-5-6-19-10(15)13-8/h5-6,12H,7H2,1-4H3. The number of hydrogen-bond donors (Lipinski definition) is 1. The number of hydrogen-bond acceptors (Lipinski definition) is 6. The summed E-state index contributed by atoms with van der Waals surface area (Å²) in [6, 6.07) is 0. The second-order valence-corrected chi connectivity index (χ2v) is 6.03. The van der Waals surface area contributed by atoms with E-state index in [-0.39, 0.29) is 11.4 Å². The maximum atomic E-state index is 11.2. The molecule has 2 aromatic heterocycles. The Morgan fingerprint density at radius 3 is 2.84 bits per heavy atom. The van der Waals surface area contributed by atoms with Crippen LogP contribution >= 0.6 is 11.3 Å². The Kier molecular flexibility index (Phi) is 3.46. The van der Waals surface area contributed by atoms with Gasteiger partial charge in [-0.2, -0.15) is 9.38 Å². The van der Waals surface area contributed by atoms with Gasteiger partial charge in [-0.25, -0.2) is 0 Å². The lowest BCUT2D eigenvalue weighted by atomic mass is 10.0. The summed E-state index contributed by atoms with van der Waals surface area (Å²) in [6.07, 6.45) is 1.66. The van der Waals surface area contributed by atoms with Crippen LogP contribution in [0.5, 0.6) is 0 Å². The minimum Gasteiger partial charge on any atom is -0.361 e. The van der Waals surface area contributed by atoms with E-state index in [0.717, 1.165) is 0 Å². The number of nitrogens with one attached hydrogen (secondary N) is 1. The summed E-state index contributed by atoms with van der Waals surface area (Å²) in [4.78, 5) is 17.7. The molecule has 0 atom stereocenters. The lowest BCUT2D eigenvalue weighted by molar-refractivity contribution is -0.389. The van der Waals surface area contributed by atoms with Gasteiger partial charge < -0.3 is 20.3 Å². The molecule has 0 radical (unpaired) electrons. The Hall–Kier alpha value is -1.67. The highest BCUT2D eigenvalue weighted by atomic mass is 32.1. The SMILES string of the molecule is CN(C)C(C)(C)CNc1nc2sccn2c1[N+](=O)[O-]. The van der Waals surface area contributed by atoms with Crippen LogP contribution in [0.25, 0.3) is 4.96 Å². The van der Waals surface area contributed by atoms with Crippen molar-refractivity contribution in [3.8, 4) is 0 Å². The van der Waals surface area contributed by atoms with Crippen molar-refractivity contribution in [3.63, 3.8) is 0 Å². The molecule has 0 bridgehead atoms. The van der Waals surface area contributed by atoms with E-state index in [1.165, 1.54) is 15.7 Å². The van der Waals surface area contributed by atoms with Gasteiger partial charge in [-0.3, -0.25) is 0 Å². The summed E-state index contributed by atoms with van der Waals surface area (Å²) in [5.74, 6) is 0.317.